The van der Waals surface area contributed by atoms with E-state index in [0.717, 1.165) is 16.0 Å². The van der Waals surface area contributed by atoms with Crippen LogP contribution in [0.1, 0.15) is 56.2 Å². The minimum atomic E-state index is -0.766. The van der Waals surface area contributed by atoms with Crippen LogP contribution < -0.4 is 5.32 Å². The molecule has 186 valence electrons. The van der Waals surface area contributed by atoms with Crippen LogP contribution in [-0.2, 0) is 9.59 Å². The molecular formula is C25H29ClN4O4S. The number of benzene rings is 1. The lowest BCUT2D eigenvalue weighted by Crippen LogP contribution is -2.48. The van der Waals surface area contributed by atoms with Crippen LogP contribution in [0, 0.1) is 12.8 Å². The molecular weight excluding hydrogens is 488 g/mol. The van der Waals surface area contributed by atoms with E-state index in [1.807, 2.05) is 45.0 Å². The standard InChI is InChI=1S/C25H29ClN4O4S/c1-13(2)21(20-9-14(3)29-34-20)25(33)30-11-18(31)10-19(30)24(32)28-15(4)16-5-7-17(8-6-16)22-23(26)27-12-35-22/h5-9,12-13,15,18-19,21,31H,10-11H2,1-4H3,(H,28,32)/t15-,18+,19-,21+/m0/s1. The number of thiazole rings is 1. The SMILES string of the molecule is Cc1cc([C@H](C(=O)N2C[C@H](O)C[C@H]2C(=O)N[C@@H](C)c2ccc(-c3scnc3Cl)cc2)C(C)C)on1. The highest BCUT2D eigenvalue weighted by Gasteiger charge is 2.43. The van der Waals surface area contributed by atoms with Crippen molar-refractivity contribution >= 4 is 34.8 Å². The quantitative estimate of drug-likeness (QED) is 0.483. The number of nitrogens with one attached hydrogen (secondary N) is 1. The summed E-state index contributed by atoms with van der Waals surface area (Å²) in [5, 5.41) is 17.7. The second kappa shape index (κ2) is 10.5. The summed E-state index contributed by atoms with van der Waals surface area (Å²) in [5.74, 6) is -0.724. The van der Waals surface area contributed by atoms with E-state index < -0.39 is 18.1 Å². The van der Waals surface area contributed by atoms with E-state index in [1.54, 1.807) is 18.5 Å². The third kappa shape index (κ3) is 5.42. The third-order valence-corrected chi connectivity index (χ3v) is 7.58. The van der Waals surface area contributed by atoms with E-state index in [2.05, 4.69) is 15.5 Å². The maximum absolute atomic E-state index is 13.5. The van der Waals surface area contributed by atoms with Crippen molar-refractivity contribution < 1.29 is 19.2 Å². The number of carbonyl (C=O) groups is 2. The Morgan fingerprint density at radius 2 is 1.97 bits per heavy atom. The highest BCUT2D eigenvalue weighted by Crippen LogP contribution is 2.33. The molecule has 35 heavy (non-hydrogen) atoms. The van der Waals surface area contributed by atoms with Gasteiger partial charge in [-0.25, -0.2) is 4.98 Å². The molecule has 0 spiro atoms. The summed E-state index contributed by atoms with van der Waals surface area (Å²) in [6, 6.07) is 8.45. The predicted molar refractivity (Wildman–Crippen MR) is 134 cm³/mol. The first-order chi connectivity index (χ1) is 16.7. The maximum atomic E-state index is 13.5. The first-order valence-electron chi connectivity index (χ1n) is 11.6. The monoisotopic (exact) mass is 516 g/mol. The second-order valence-electron chi connectivity index (χ2n) is 9.31. The van der Waals surface area contributed by atoms with E-state index in [4.69, 9.17) is 16.1 Å². The molecule has 0 radical (unpaired) electrons. The molecule has 3 heterocycles. The lowest BCUT2D eigenvalue weighted by atomic mass is 9.91. The van der Waals surface area contributed by atoms with Crippen molar-refractivity contribution in [2.45, 2.75) is 58.2 Å². The van der Waals surface area contributed by atoms with Crippen molar-refractivity contribution in [3.05, 3.63) is 58.0 Å². The van der Waals surface area contributed by atoms with E-state index in [0.29, 0.717) is 16.6 Å². The highest BCUT2D eigenvalue weighted by atomic mass is 35.5. The van der Waals surface area contributed by atoms with Crippen LogP contribution in [0.3, 0.4) is 0 Å². The fourth-order valence-corrected chi connectivity index (χ4v) is 5.52. The number of aromatic nitrogens is 2. The molecule has 1 aliphatic heterocycles. The van der Waals surface area contributed by atoms with Crippen LogP contribution in [0.5, 0.6) is 0 Å². The zero-order chi connectivity index (χ0) is 25.3. The summed E-state index contributed by atoms with van der Waals surface area (Å²) in [5.41, 5.74) is 4.26. The van der Waals surface area contributed by atoms with Gasteiger partial charge >= 0.3 is 0 Å². The van der Waals surface area contributed by atoms with Crippen LogP contribution in [0.15, 0.2) is 40.4 Å². The number of β-amino-alcohol motifs (C(OH)–C–C–N with tert-alkyl or cyclic N) is 1. The molecule has 10 heteroatoms. The van der Waals surface area contributed by atoms with Crippen molar-refractivity contribution in [3.8, 4) is 10.4 Å². The highest BCUT2D eigenvalue weighted by molar-refractivity contribution is 7.13. The zero-order valence-corrected chi connectivity index (χ0v) is 21.6. The van der Waals surface area contributed by atoms with Gasteiger partial charge in [0.15, 0.2) is 0 Å². The molecule has 1 aromatic carbocycles. The van der Waals surface area contributed by atoms with Gasteiger partial charge in [0.25, 0.3) is 0 Å². The molecule has 4 atom stereocenters. The number of rotatable bonds is 7. The second-order valence-corrected chi connectivity index (χ2v) is 10.5. The average molecular weight is 517 g/mol. The van der Waals surface area contributed by atoms with Crippen molar-refractivity contribution in [2.75, 3.05) is 6.54 Å². The molecule has 2 aromatic heterocycles. The Morgan fingerprint density at radius 1 is 1.26 bits per heavy atom. The molecule has 2 amide bonds. The molecule has 1 saturated heterocycles. The Balaban J connectivity index is 1.47. The summed E-state index contributed by atoms with van der Waals surface area (Å²) < 4.78 is 5.39. The van der Waals surface area contributed by atoms with Gasteiger partial charge in [0.05, 0.1) is 28.2 Å². The predicted octanol–water partition coefficient (Wildman–Crippen LogP) is 4.34. The van der Waals surface area contributed by atoms with E-state index >= 15 is 0 Å². The molecule has 0 aliphatic carbocycles. The third-order valence-electron chi connectivity index (χ3n) is 6.31. The Bertz CT molecular complexity index is 1190. The molecule has 1 aliphatic rings. The Kier molecular flexibility index (Phi) is 7.59. The first kappa shape index (κ1) is 25.3. The first-order valence-corrected chi connectivity index (χ1v) is 12.8. The van der Waals surface area contributed by atoms with E-state index in [9.17, 15) is 14.7 Å². The fourth-order valence-electron chi connectivity index (χ4n) is 4.49. The summed E-state index contributed by atoms with van der Waals surface area (Å²) in [6.45, 7) is 7.63. The van der Waals surface area contributed by atoms with Gasteiger partial charge in [0, 0.05) is 19.0 Å². The number of hydrogen-bond donors (Lipinski definition) is 2. The molecule has 1 fully saturated rings. The lowest BCUT2D eigenvalue weighted by Gasteiger charge is -2.29. The number of carbonyl (C=O) groups excluding carboxylic acids is 2. The Hall–Kier alpha value is -2.75. The number of amides is 2. The lowest BCUT2D eigenvalue weighted by molar-refractivity contribution is -0.141. The molecule has 0 unspecified atom stereocenters. The van der Waals surface area contributed by atoms with Crippen LogP contribution in [0.25, 0.3) is 10.4 Å². The molecule has 2 N–H and O–H groups in total. The van der Waals surface area contributed by atoms with Crippen LogP contribution in [0.2, 0.25) is 5.15 Å². The van der Waals surface area contributed by atoms with Crippen molar-refractivity contribution in [1.82, 2.24) is 20.4 Å². The molecule has 4 rings (SSSR count). The molecule has 0 saturated carbocycles. The van der Waals surface area contributed by atoms with Gasteiger partial charge in [-0.2, -0.15) is 0 Å². The Labute approximate surface area is 213 Å². The van der Waals surface area contributed by atoms with Crippen molar-refractivity contribution in [2.24, 2.45) is 5.92 Å². The molecule has 8 nitrogen and oxygen atoms in total. The minimum absolute atomic E-state index is 0.0687. The minimum Gasteiger partial charge on any atom is -0.391 e. The van der Waals surface area contributed by atoms with Crippen molar-refractivity contribution in [3.63, 3.8) is 0 Å². The number of hydrogen-bond acceptors (Lipinski definition) is 7. The summed E-state index contributed by atoms with van der Waals surface area (Å²) >= 11 is 7.60. The number of likely N-dealkylation sites (tertiary alicyclic amines) is 1. The van der Waals surface area contributed by atoms with Gasteiger partial charge in [-0.05, 0) is 30.9 Å². The largest absolute Gasteiger partial charge is 0.391 e. The van der Waals surface area contributed by atoms with Gasteiger partial charge in [-0.15, -0.1) is 11.3 Å². The van der Waals surface area contributed by atoms with Gasteiger partial charge in [-0.1, -0.05) is 54.9 Å². The van der Waals surface area contributed by atoms with Crippen molar-refractivity contribution in [1.29, 1.82) is 0 Å². The normalized spacial score (nSPS) is 19.7. The topological polar surface area (TPSA) is 109 Å². The zero-order valence-electron chi connectivity index (χ0n) is 20.1. The number of aliphatic hydroxyl groups excluding tert-OH is 1. The number of aryl methyl sites for hydroxylation is 1. The number of halogens is 1. The average Bonchev–Trinajstić information content (AvgIpc) is 3.53. The molecule has 0 bridgehead atoms. The number of nitrogens with zero attached hydrogens (tertiary/aromatic N) is 3. The van der Waals surface area contributed by atoms with Crippen LogP contribution in [-0.4, -0.2) is 50.7 Å². The van der Waals surface area contributed by atoms with Gasteiger partial charge in [0.2, 0.25) is 11.8 Å². The summed E-state index contributed by atoms with van der Waals surface area (Å²) in [6.07, 6.45) is -0.578. The summed E-state index contributed by atoms with van der Waals surface area (Å²) in [7, 11) is 0. The summed E-state index contributed by atoms with van der Waals surface area (Å²) in [4.78, 5) is 33.2. The Morgan fingerprint density at radius 3 is 2.54 bits per heavy atom. The number of aliphatic hydroxyl groups is 1. The maximum Gasteiger partial charge on any atom is 0.243 e. The van der Waals surface area contributed by atoms with E-state index in [-0.39, 0.29) is 36.7 Å². The van der Waals surface area contributed by atoms with E-state index in [1.165, 1.54) is 16.2 Å². The fraction of sp³-hybridized carbons (Fsp3) is 0.440. The van der Waals surface area contributed by atoms with Crippen LogP contribution >= 0.6 is 22.9 Å². The van der Waals surface area contributed by atoms with Gasteiger partial charge in [-0.3, -0.25) is 9.59 Å². The smallest absolute Gasteiger partial charge is 0.243 e. The van der Waals surface area contributed by atoms with Gasteiger partial charge < -0.3 is 19.8 Å². The van der Waals surface area contributed by atoms with Gasteiger partial charge in [0.1, 0.15) is 22.9 Å². The van der Waals surface area contributed by atoms with Crippen LogP contribution in [0.4, 0.5) is 0 Å². The molecule has 3 aromatic rings.